The van der Waals surface area contributed by atoms with Crippen LogP contribution in [0.15, 0.2) is 18.3 Å². The number of fused-ring (bicyclic) bond motifs is 1. The Kier molecular flexibility index (Phi) is 1.94. The molecule has 0 aliphatic heterocycles. The third-order valence-electron chi connectivity index (χ3n) is 1.81. The van der Waals surface area contributed by atoms with Crippen LogP contribution in [0.5, 0.6) is 0 Å². The molecule has 0 unspecified atom stereocenters. The summed E-state index contributed by atoms with van der Waals surface area (Å²) in [6.07, 6.45) is 2.25. The van der Waals surface area contributed by atoms with E-state index >= 15 is 0 Å². The molecule has 0 bridgehead atoms. The maximum absolute atomic E-state index is 12.7. The van der Waals surface area contributed by atoms with Crippen molar-refractivity contribution in [2.75, 3.05) is 6.54 Å². The molecule has 0 aliphatic rings. The summed E-state index contributed by atoms with van der Waals surface area (Å²) < 4.78 is 14.5. The molecule has 0 saturated carbocycles. The maximum atomic E-state index is 12.7. The van der Waals surface area contributed by atoms with Crippen LogP contribution in [0.2, 0.25) is 0 Å². The van der Waals surface area contributed by atoms with Crippen molar-refractivity contribution in [1.29, 1.82) is 0 Å². The lowest BCUT2D eigenvalue weighted by Crippen LogP contribution is -2.06. The Morgan fingerprint density at radius 1 is 1.46 bits per heavy atom. The van der Waals surface area contributed by atoms with Crippen molar-refractivity contribution in [3.05, 3.63) is 30.0 Å². The Morgan fingerprint density at radius 2 is 2.31 bits per heavy atom. The maximum Gasteiger partial charge on any atom is 0.163 e. The number of aromatic nitrogens is 3. The highest BCUT2D eigenvalue weighted by molar-refractivity contribution is 5.37. The van der Waals surface area contributed by atoms with Crippen molar-refractivity contribution >= 4 is 5.65 Å². The highest BCUT2D eigenvalue weighted by Crippen LogP contribution is 2.05. The first-order valence-corrected chi connectivity index (χ1v) is 4.00. The normalized spacial score (nSPS) is 10.9. The lowest BCUT2D eigenvalue weighted by atomic mass is 10.4. The molecule has 0 amide bonds. The van der Waals surface area contributed by atoms with Crippen molar-refractivity contribution in [2.45, 2.75) is 6.42 Å². The van der Waals surface area contributed by atoms with Crippen LogP contribution in [0, 0.1) is 5.82 Å². The number of hydrogen-bond acceptors (Lipinski definition) is 3. The van der Waals surface area contributed by atoms with E-state index < -0.39 is 0 Å². The number of nitrogens with two attached hydrogens (primary N) is 1. The Bertz CT molecular complexity index is 423. The summed E-state index contributed by atoms with van der Waals surface area (Å²) in [4.78, 5) is 0. The van der Waals surface area contributed by atoms with Gasteiger partial charge in [0.15, 0.2) is 5.65 Å². The Hall–Kier alpha value is -1.49. The number of nitrogens with zero attached hydrogens (tertiary/aromatic N) is 3. The van der Waals surface area contributed by atoms with E-state index in [1.54, 1.807) is 10.6 Å². The lowest BCUT2D eigenvalue weighted by Gasteiger charge is -1.96. The molecule has 0 radical (unpaired) electrons. The molecule has 0 aliphatic carbocycles. The van der Waals surface area contributed by atoms with Crippen molar-refractivity contribution in [1.82, 2.24) is 14.6 Å². The van der Waals surface area contributed by atoms with Gasteiger partial charge in [-0.2, -0.15) is 0 Å². The second kappa shape index (κ2) is 3.10. The van der Waals surface area contributed by atoms with E-state index in [2.05, 4.69) is 10.2 Å². The summed E-state index contributed by atoms with van der Waals surface area (Å²) in [5, 5.41) is 7.71. The van der Waals surface area contributed by atoms with Gasteiger partial charge in [0.25, 0.3) is 0 Å². The molecule has 2 aromatic heterocycles. The van der Waals surface area contributed by atoms with Gasteiger partial charge in [-0.15, -0.1) is 10.2 Å². The molecule has 4 nitrogen and oxygen atoms in total. The van der Waals surface area contributed by atoms with Gasteiger partial charge in [-0.05, 0) is 12.6 Å². The molecule has 2 N–H and O–H groups in total. The quantitative estimate of drug-likeness (QED) is 0.726. The Balaban J connectivity index is 2.55. The highest BCUT2D eigenvalue weighted by Gasteiger charge is 2.04. The molecule has 13 heavy (non-hydrogen) atoms. The molecule has 0 spiro atoms. The first-order valence-electron chi connectivity index (χ1n) is 4.00. The third-order valence-corrected chi connectivity index (χ3v) is 1.81. The Labute approximate surface area is 74.2 Å². The van der Waals surface area contributed by atoms with E-state index in [1.165, 1.54) is 12.1 Å². The molecule has 0 saturated heterocycles. The standard InChI is InChI=1S/C8H9FN4/c9-6-2-4-13-7(1-3-10)11-12-8(13)5-6/h2,4-5H,1,3,10H2. The molecule has 0 aromatic carbocycles. The van der Waals surface area contributed by atoms with Gasteiger partial charge in [0.1, 0.15) is 11.6 Å². The summed E-state index contributed by atoms with van der Waals surface area (Å²) in [5.74, 6) is 0.455. The number of pyridine rings is 1. The summed E-state index contributed by atoms with van der Waals surface area (Å²) >= 11 is 0. The van der Waals surface area contributed by atoms with Crippen LogP contribution < -0.4 is 5.73 Å². The zero-order chi connectivity index (χ0) is 9.26. The smallest absolute Gasteiger partial charge is 0.163 e. The molecule has 68 valence electrons. The third kappa shape index (κ3) is 1.38. The monoisotopic (exact) mass is 180 g/mol. The lowest BCUT2D eigenvalue weighted by molar-refractivity contribution is 0.626. The minimum Gasteiger partial charge on any atom is -0.330 e. The molecule has 5 heteroatoms. The second-order valence-corrected chi connectivity index (χ2v) is 2.73. The largest absolute Gasteiger partial charge is 0.330 e. The van der Waals surface area contributed by atoms with Crippen LogP contribution in [0.1, 0.15) is 5.82 Å². The van der Waals surface area contributed by atoms with Crippen molar-refractivity contribution < 1.29 is 4.39 Å². The minimum atomic E-state index is -0.306. The van der Waals surface area contributed by atoms with Gasteiger partial charge >= 0.3 is 0 Å². The van der Waals surface area contributed by atoms with E-state index in [4.69, 9.17) is 5.73 Å². The van der Waals surface area contributed by atoms with Crippen LogP contribution in [0.25, 0.3) is 5.65 Å². The topological polar surface area (TPSA) is 56.2 Å². The van der Waals surface area contributed by atoms with E-state index in [9.17, 15) is 4.39 Å². The minimum absolute atomic E-state index is 0.306. The van der Waals surface area contributed by atoms with Crippen molar-refractivity contribution in [2.24, 2.45) is 5.73 Å². The van der Waals surface area contributed by atoms with E-state index in [0.717, 1.165) is 5.82 Å². The molecular formula is C8H9FN4. The number of halogens is 1. The van der Waals surface area contributed by atoms with Crippen LogP contribution in [0.3, 0.4) is 0 Å². The predicted molar refractivity (Wildman–Crippen MR) is 45.7 cm³/mol. The fraction of sp³-hybridized carbons (Fsp3) is 0.250. The predicted octanol–water partition coefficient (Wildman–Crippen LogP) is 0.370. The first kappa shape index (κ1) is 8.12. The molecular weight excluding hydrogens is 171 g/mol. The van der Waals surface area contributed by atoms with E-state index in [0.29, 0.717) is 18.6 Å². The highest BCUT2D eigenvalue weighted by atomic mass is 19.1. The van der Waals surface area contributed by atoms with Gasteiger partial charge in [-0.3, -0.25) is 4.40 Å². The van der Waals surface area contributed by atoms with Crippen LogP contribution >= 0.6 is 0 Å². The van der Waals surface area contributed by atoms with Crippen LogP contribution in [-0.2, 0) is 6.42 Å². The van der Waals surface area contributed by atoms with Gasteiger partial charge < -0.3 is 5.73 Å². The number of hydrogen-bond donors (Lipinski definition) is 1. The molecule has 0 fully saturated rings. The molecule has 2 heterocycles. The van der Waals surface area contributed by atoms with Gasteiger partial charge in [-0.25, -0.2) is 4.39 Å². The fourth-order valence-corrected chi connectivity index (χ4v) is 1.22. The second-order valence-electron chi connectivity index (χ2n) is 2.73. The SMILES string of the molecule is NCCc1nnc2cc(F)ccn12. The summed E-state index contributed by atoms with van der Waals surface area (Å²) in [6, 6.07) is 2.71. The molecule has 0 atom stereocenters. The van der Waals surface area contributed by atoms with Crippen LogP contribution in [0.4, 0.5) is 4.39 Å². The van der Waals surface area contributed by atoms with Gasteiger partial charge in [-0.1, -0.05) is 0 Å². The van der Waals surface area contributed by atoms with Crippen LogP contribution in [-0.4, -0.2) is 21.1 Å². The van der Waals surface area contributed by atoms with Gasteiger partial charge in [0, 0.05) is 18.7 Å². The van der Waals surface area contributed by atoms with Crippen molar-refractivity contribution in [3.63, 3.8) is 0 Å². The summed E-state index contributed by atoms with van der Waals surface area (Å²) in [6.45, 7) is 0.512. The zero-order valence-electron chi connectivity index (χ0n) is 6.94. The molecule has 2 rings (SSSR count). The summed E-state index contributed by atoms with van der Waals surface area (Å²) in [7, 11) is 0. The first-order chi connectivity index (χ1) is 6.31. The van der Waals surface area contributed by atoms with Crippen molar-refractivity contribution in [3.8, 4) is 0 Å². The van der Waals surface area contributed by atoms with E-state index in [-0.39, 0.29) is 5.82 Å². The van der Waals surface area contributed by atoms with Gasteiger partial charge in [0.2, 0.25) is 0 Å². The Morgan fingerprint density at radius 3 is 3.08 bits per heavy atom. The summed E-state index contributed by atoms with van der Waals surface area (Å²) in [5.41, 5.74) is 5.90. The average Bonchev–Trinajstić information content (AvgIpc) is 2.49. The molecule has 2 aromatic rings. The van der Waals surface area contributed by atoms with Gasteiger partial charge in [0.05, 0.1) is 0 Å². The van der Waals surface area contributed by atoms with E-state index in [1.807, 2.05) is 0 Å². The average molecular weight is 180 g/mol. The number of rotatable bonds is 2. The fourth-order valence-electron chi connectivity index (χ4n) is 1.22. The zero-order valence-corrected chi connectivity index (χ0v) is 6.94.